The SMILES string of the molecule is CCOC(=O)c1c(N)c(C(N)=O)nn1-c1ccc(I)c(C)c1. The Balaban J connectivity index is 2.67. The number of aryl methyl sites for hydroxylation is 1. The summed E-state index contributed by atoms with van der Waals surface area (Å²) in [5.74, 6) is -1.46. The molecule has 0 fully saturated rings. The van der Waals surface area contributed by atoms with E-state index < -0.39 is 11.9 Å². The molecule has 7 nitrogen and oxygen atoms in total. The van der Waals surface area contributed by atoms with Crippen LogP contribution in [0.4, 0.5) is 5.69 Å². The fourth-order valence-electron chi connectivity index (χ4n) is 1.96. The van der Waals surface area contributed by atoms with Gasteiger partial charge in [-0.25, -0.2) is 9.48 Å². The molecule has 2 aromatic rings. The van der Waals surface area contributed by atoms with Gasteiger partial charge >= 0.3 is 5.97 Å². The number of hydrogen-bond donors (Lipinski definition) is 2. The Morgan fingerprint density at radius 3 is 2.64 bits per heavy atom. The minimum Gasteiger partial charge on any atom is -0.461 e. The number of halogens is 1. The molecule has 0 bridgehead atoms. The Labute approximate surface area is 140 Å². The van der Waals surface area contributed by atoms with Crippen molar-refractivity contribution < 1.29 is 14.3 Å². The third-order valence-electron chi connectivity index (χ3n) is 3.01. The van der Waals surface area contributed by atoms with Crippen molar-refractivity contribution in [2.45, 2.75) is 13.8 Å². The van der Waals surface area contributed by atoms with Gasteiger partial charge in [0.05, 0.1) is 18.0 Å². The zero-order chi connectivity index (χ0) is 16.4. The Bertz CT molecular complexity index is 755. The minimum absolute atomic E-state index is 0.00346. The van der Waals surface area contributed by atoms with Crippen LogP contribution < -0.4 is 11.5 Å². The Kier molecular flexibility index (Phi) is 4.69. The van der Waals surface area contributed by atoms with E-state index >= 15 is 0 Å². The van der Waals surface area contributed by atoms with Gasteiger partial charge in [0.15, 0.2) is 11.4 Å². The number of nitrogens with two attached hydrogens (primary N) is 2. The van der Waals surface area contributed by atoms with Gasteiger partial charge in [0.2, 0.25) is 0 Å². The number of anilines is 1. The fraction of sp³-hybridized carbons (Fsp3) is 0.214. The van der Waals surface area contributed by atoms with Gasteiger partial charge in [0.25, 0.3) is 5.91 Å². The third kappa shape index (κ3) is 2.91. The standard InChI is InChI=1S/C14H15IN4O3/c1-3-22-14(21)12-10(16)11(13(17)20)18-19(12)8-4-5-9(15)7(2)6-8/h4-6H,3,16H2,1-2H3,(H2,17,20). The third-order valence-corrected chi connectivity index (χ3v) is 4.22. The van der Waals surface area contributed by atoms with Crippen LogP contribution >= 0.6 is 22.6 Å². The lowest BCUT2D eigenvalue weighted by Crippen LogP contribution is -2.14. The van der Waals surface area contributed by atoms with Crippen LogP contribution in [0, 0.1) is 10.5 Å². The summed E-state index contributed by atoms with van der Waals surface area (Å²) < 4.78 is 7.34. The molecular weight excluding hydrogens is 399 g/mol. The number of amides is 1. The predicted octanol–water partition coefficient (Wildman–Crippen LogP) is 1.64. The molecule has 4 N–H and O–H groups in total. The smallest absolute Gasteiger partial charge is 0.359 e. The first-order valence-electron chi connectivity index (χ1n) is 6.48. The van der Waals surface area contributed by atoms with Gasteiger partial charge in [-0.2, -0.15) is 5.10 Å². The number of rotatable bonds is 4. The maximum atomic E-state index is 12.1. The average Bonchev–Trinajstić information content (AvgIpc) is 2.80. The number of carbonyl (C=O) groups is 2. The van der Waals surface area contributed by atoms with E-state index in [4.69, 9.17) is 16.2 Å². The number of esters is 1. The molecule has 1 aromatic heterocycles. The maximum absolute atomic E-state index is 12.1. The van der Waals surface area contributed by atoms with Crippen LogP contribution in [0.3, 0.4) is 0 Å². The van der Waals surface area contributed by atoms with Crippen molar-refractivity contribution in [1.29, 1.82) is 0 Å². The molecule has 0 unspecified atom stereocenters. The molecule has 0 aliphatic carbocycles. The Hall–Kier alpha value is -2.10. The van der Waals surface area contributed by atoms with E-state index in [0.717, 1.165) is 9.13 Å². The Morgan fingerprint density at radius 2 is 2.09 bits per heavy atom. The summed E-state index contributed by atoms with van der Waals surface area (Å²) in [6.45, 7) is 3.79. The number of nitrogen functional groups attached to an aromatic ring is 1. The monoisotopic (exact) mass is 414 g/mol. The van der Waals surface area contributed by atoms with Crippen molar-refractivity contribution in [3.8, 4) is 5.69 Å². The molecule has 22 heavy (non-hydrogen) atoms. The van der Waals surface area contributed by atoms with Gasteiger partial charge in [-0.3, -0.25) is 4.79 Å². The van der Waals surface area contributed by atoms with Crippen molar-refractivity contribution >= 4 is 40.2 Å². The van der Waals surface area contributed by atoms with Crippen LogP contribution in [-0.2, 0) is 4.74 Å². The molecule has 0 spiro atoms. The van der Waals surface area contributed by atoms with Crippen LogP contribution in [0.25, 0.3) is 5.69 Å². The van der Waals surface area contributed by atoms with Crippen LogP contribution in [0.15, 0.2) is 18.2 Å². The summed E-state index contributed by atoms with van der Waals surface area (Å²) in [7, 11) is 0. The van der Waals surface area contributed by atoms with Crippen LogP contribution in [0.5, 0.6) is 0 Å². The first-order chi connectivity index (χ1) is 10.4. The molecular formula is C14H15IN4O3. The van der Waals surface area contributed by atoms with Gasteiger partial charge in [0, 0.05) is 3.57 Å². The minimum atomic E-state index is -0.802. The lowest BCUT2D eigenvalue weighted by Gasteiger charge is -2.09. The summed E-state index contributed by atoms with van der Waals surface area (Å²) in [5.41, 5.74) is 12.5. The lowest BCUT2D eigenvalue weighted by atomic mass is 10.2. The molecule has 1 heterocycles. The first kappa shape index (κ1) is 16.3. The highest BCUT2D eigenvalue weighted by Gasteiger charge is 2.26. The van der Waals surface area contributed by atoms with Gasteiger partial charge in [-0.15, -0.1) is 0 Å². The molecule has 1 aromatic carbocycles. The van der Waals surface area contributed by atoms with E-state index in [1.165, 1.54) is 4.68 Å². The number of carbonyl (C=O) groups excluding carboxylic acids is 2. The number of nitrogens with zero attached hydrogens (tertiary/aromatic N) is 2. The molecule has 0 atom stereocenters. The van der Waals surface area contributed by atoms with E-state index in [0.29, 0.717) is 5.69 Å². The molecule has 1 amide bonds. The zero-order valence-corrected chi connectivity index (χ0v) is 14.2. The van der Waals surface area contributed by atoms with E-state index in [-0.39, 0.29) is 23.7 Å². The van der Waals surface area contributed by atoms with E-state index in [9.17, 15) is 9.59 Å². The molecule has 8 heteroatoms. The molecule has 2 rings (SSSR count). The summed E-state index contributed by atoms with van der Waals surface area (Å²) in [5, 5.41) is 4.07. The number of benzene rings is 1. The average molecular weight is 414 g/mol. The van der Waals surface area contributed by atoms with Crippen LogP contribution in [0.1, 0.15) is 33.5 Å². The van der Waals surface area contributed by atoms with Crippen molar-refractivity contribution in [2.24, 2.45) is 5.73 Å². The molecule has 0 saturated heterocycles. The largest absolute Gasteiger partial charge is 0.461 e. The number of ether oxygens (including phenoxy) is 1. The van der Waals surface area contributed by atoms with Gasteiger partial charge < -0.3 is 16.2 Å². The zero-order valence-electron chi connectivity index (χ0n) is 12.1. The maximum Gasteiger partial charge on any atom is 0.359 e. The number of hydrogen-bond acceptors (Lipinski definition) is 5. The highest BCUT2D eigenvalue weighted by molar-refractivity contribution is 14.1. The predicted molar refractivity (Wildman–Crippen MR) is 89.9 cm³/mol. The molecule has 0 radical (unpaired) electrons. The first-order valence-corrected chi connectivity index (χ1v) is 7.56. The normalized spacial score (nSPS) is 10.5. The summed E-state index contributed by atoms with van der Waals surface area (Å²) in [4.78, 5) is 23.6. The topological polar surface area (TPSA) is 113 Å². The lowest BCUT2D eigenvalue weighted by molar-refractivity contribution is 0.0517. The molecule has 0 aliphatic heterocycles. The van der Waals surface area contributed by atoms with Gasteiger partial charge in [-0.1, -0.05) is 0 Å². The number of aromatic nitrogens is 2. The van der Waals surface area contributed by atoms with E-state index in [1.807, 2.05) is 19.1 Å². The van der Waals surface area contributed by atoms with Crippen molar-refractivity contribution in [3.63, 3.8) is 0 Å². The summed E-state index contributed by atoms with van der Waals surface area (Å²) in [6.07, 6.45) is 0. The van der Waals surface area contributed by atoms with Gasteiger partial charge in [0.1, 0.15) is 0 Å². The second-order valence-electron chi connectivity index (χ2n) is 4.54. The van der Waals surface area contributed by atoms with Gasteiger partial charge in [-0.05, 0) is 60.2 Å². The fourth-order valence-corrected chi connectivity index (χ4v) is 2.29. The van der Waals surface area contributed by atoms with E-state index in [1.54, 1.807) is 13.0 Å². The van der Waals surface area contributed by atoms with Crippen molar-refractivity contribution in [3.05, 3.63) is 38.7 Å². The summed E-state index contributed by atoms with van der Waals surface area (Å²) >= 11 is 2.20. The Morgan fingerprint density at radius 1 is 1.41 bits per heavy atom. The molecule has 0 saturated carbocycles. The highest BCUT2D eigenvalue weighted by atomic mass is 127. The second-order valence-corrected chi connectivity index (χ2v) is 5.70. The molecule has 0 aliphatic rings. The summed E-state index contributed by atoms with van der Waals surface area (Å²) in [6, 6.07) is 5.48. The van der Waals surface area contributed by atoms with Crippen LogP contribution in [-0.4, -0.2) is 28.3 Å². The van der Waals surface area contributed by atoms with Crippen molar-refractivity contribution in [1.82, 2.24) is 9.78 Å². The van der Waals surface area contributed by atoms with E-state index in [2.05, 4.69) is 27.7 Å². The number of primary amides is 1. The molecule has 116 valence electrons. The quantitative estimate of drug-likeness (QED) is 0.584. The highest BCUT2D eigenvalue weighted by Crippen LogP contribution is 2.24. The van der Waals surface area contributed by atoms with Crippen LogP contribution in [0.2, 0.25) is 0 Å². The van der Waals surface area contributed by atoms with Crippen molar-refractivity contribution in [2.75, 3.05) is 12.3 Å². The second kappa shape index (κ2) is 6.34.